The first-order valence-electron chi connectivity index (χ1n) is 5.22. The Bertz CT molecular complexity index is 317. The minimum absolute atomic E-state index is 0.183. The molecule has 0 saturated carbocycles. The molecule has 4 heteroatoms. The summed E-state index contributed by atoms with van der Waals surface area (Å²) in [6, 6.07) is 7.88. The quantitative estimate of drug-likeness (QED) is 0.799. The van der Waals surface area contributed by atoms with Crippen molar-refractivity contribution in [1.82, 2.24) is 0 Å². The van der Waals surface area contributed by atoms with Gasteiger partial charge >= 0.3 is 0 Å². The molecular formula is C12H18O3S. The van der Waals surface area contributed by atoms with E-state index in [4.69, 9.17) is 9.84 Å². The molecule has 1 rings (SSSR count). The van der Waals surface area contributed by atoms with E-state index in [-0.39, 0.29) is 11.9 Å². The van der Waals surface area contributed by atoms with E-state index < -0.39 is 6.10 Å². The van der Waals surface area contributed by atoms with Gasteiger partial charge in [0, 0.05) is 11.0 Å². The molecule has 0 aromatic heterocycles. The second kappa shape index (κ2) is 6.78. The third kappa shape index (κ3) is 4.04. The Labute approximate surface area is 100 Å². The third-order valence-corrected chi connectivity index (χ3v) is 3.66. The summed E-state index contributed by atoms with van der Waals surface area (Å²) in [6.45, 7) is 1.89. The summed E-state index contributed by atoms with van der Waals surface area (Å²) >= 11 is 1.62. The summed E-state index contributed by atoms with van der Waals surface area (Å²) in [6.07, 6.45) is -0.641. The molecule has 2 N–H and O–H groups in total. The molecule has 0 aliphatic carbocycles. The van der Waals surface area contributed by atoms with Crippen molar-refractivity contribution in [2.75, 3.05) is 19.5 Å². The smallest absolute Gasteiger partial charge is 0.119 e. The molecule has 0 spiro atoms. The Morgan fingerprint density at radius 1 is 1.44 bits per heavy atom. The molecule has 2 unspecified atom stereocenters. The molecule has 0 fully saturated rings. The molecule has 3 nitrogen and oxygen atoms in total. The summed E-state index contributed by atoms with van der Waals surface area (Å²) in [5.74, 6) is 1.38. The van der Waals surface area contributed by atoms with Crippen LogP contribution >= 0.6 is 11.8 Å². The van der Waals surface area contributed by atoms with E-state index in [2.05, 4.69) is 6.92 Å². The van der Waals surface area contributed by atoms with E-state index in [9.17, 15) is 5.11 Å². The molecule has 0 heterocycles. The number of aliphatic hydroxyl groups excluding tert-OH is 2. The minimum atomic E-state index is -0.641. The van der Waals surface area contributed by atoms with Crippen LogP contribution in [0.3, 0.4) is 0 Å². The van der Waals surface area contributed by atoms with E-state index in [0.717, 1.165) is 11.3 Å². The Morgan fingerprint density at radius 3 is 2.81 bits per heavy atom. The number of rotatable bonds is 6. The highest BCUT2D eigenvalue weighted by molar-refractivity contribution is 7.99. The lowest BCUT2D eigenvalue weighted by Crippen LogP contribution is -2.15. The lowest BCUT2D eigenvalue weighted by molar-refractivity contribution is 0.113. The van der Waals surface area contributed by atoms with Gasteiger partial charge in [0.05, 0.1) is 19.8 Å². The fourth-order valence-electron chi connectivity index (χ4n) is 1.30. The fourth-order valence-corrected chi connectivity index (χ4v) is 2.25. The summed E-state index contributed by atoms with van der Waals surface area (Å²) in [5.41, 5.74) is 1.16. The molecule has 1 aromatic carbocycles. The van der Waals surface area contributed by atoms with E-state index in [1.807, 2.05) is 24.3 Å². The summed E-state index contributed by atoms with van der Waals surface area (Å²) in [7, 11) is 1.65. The van der Waals surface area contributed by atoms with Gasteiger partial charge in [-0.05, 0) is 24.6 Å². The molecule has 0 saturated heterocycles. The standard InChI is InChI=1S/C12H18O3S/c1-9(16-8-11(14)7-13)10-4-3-5-12(6-10)15-2/h3-6,9,11,13-14H,7-8H2,1-2H3. The predicted octanol–water partition coefficient (Wildman–Crippen LogP) is 1.84. The lowest BCUT2D eigenvalue weighted by atomic mass is 10.1. The van der Waals surface area contributed by atoms with Crippen molar-refractivity contribution in [3.8, 4) is 5.75 Å². The van der Waals surface area contributed by atoms with E-state index in [1.54, 1.807) is 18.9 Å². The van der Waals surface area contributed by atoms with Crippen LogP contribution in [0.2, 0.25) is 0 Å². The van der Waals surface area contributed by atoms with Crippen molar-refractivity contribution in [2.45, 2.75) is 18.3 Å². The van der Waals surface area contributed by atoms with Crippen molar-refractivity contribution >= 4 is 11.8 Å². The Balaban J connectivity index is 2.54. The largest absolute Gasteiger partial charge is 0.497 e. The molecule has 0 radical (unpaired) electrons. The first-order valence-corrected chi connectivity index (χ1v) is 6.26. The zero-order valence-electron chi connectivity index (χ0n) is 9.59. The van der Waals surface area contributed by atoms with Crippen LogP contribution in [-0.2, 0) is 0 Å². The Kier molecular flexibility index (Phi) is 5.66. The van der Waals surface area contributed by atoms with Crippen LogP contribution in [0.25, 0.3) is 0 Å². The van der Waals surface area contributed by atoms with Crippen LogP contribution in [0.4, 0.5) is 0 Å². The summed E-state index contributed by atoms with van der Waals surface area (Å²) < 4.78 is 5.15. The highest BCUT2D eigenvalue weighted by Gasteiger charge is 2.10. The number of ether oxygens (including phenoxy) is 1. The zero-order chi connectivity index (χ0) is 12.0. The first-order chi connectivity index (χ1) is 7.67. The maximum atomic E-state index is 9.26. The number of hydrogen-bond acceptors (Lipinski definition) is 4. The van der Waals surface area contributed by atoms with Crippen molar-refractivity contribution < 1.29 is 14.9 Å². The number of methoxy groups -OCH3 is 1. The van der Waals surface area contributed by atoms with Gasteiger partial charge in [0.15, 0.2) is 0 Å². The van der Waals surface area contributed by atoms with Crippen molar-refractivity contribution in [3.63, 3.8) is 0 Å². The minimum Gasteiger partial charge on any atom is -0.497 e. The maximum absolute atomic E-state index is 9.26. The SMILES string of the molecule is COc1cccc(C(C)SCC(O)CO)c1. The topological polar surface area (TPSA) is 49.7 Å². The normalized spacial score (nSPS) is 14.5. The van der Waals surface area contributed by atoms with Crippen molar-refractivity contribution in [2.24, 2.45) is 0 Å². The van der Waals surface area contributed by atoms with Gasteiger partial charge in [-0.2, -0.15) is 11.8 Å². The molecule has 2 atom stereocenters. The van der Waals surface area contributed by atoms with Gasteiger partial charge in [-0.1, -0.05) is 12.1 Å². The average molecular weight is 242 g/mol. The molecular weight excluding hydrogens is 224 g/mol. The second-order valence-corrected chi connectivity index (χ2v) is 4.96. The van der Waals surface area contributed by atoms with E-state index >= 15 is 0 Å². The van der Waals surface area contributed by atoms with Gasteiger partial charge in [-0.3, -0.25) is 0 Å². The molecule has 0 aliphatic heterocycles. The number of thioether (sulfide) groups is 1. The molecule has 1 aromatic rings. The van der Waals surface area contributed by atoms with Crippen molar-refractivity contribution in [1.29, 1.82) is 0 Å². The first kappa shape index (κ1) is 13.4. The average Bonchev–Trinajstić information content (AvgIpc) is 2.35. The summed E-state index contributed by atoms with van der Waals surface area (Å²) in [4.78, 5) is 0. The van der Waals surface area contributed by atoms with E-state index in [0.29, 0.717) is 5.75 Å². The summed E-state index contributed by atoms with van der Waals surface area (Å²) in [5, 5.41) is 18.3. The van der Waals surface area contributed by atoms with Crippen LogP contribution in [0.1, 0.15) is 17.7 Å². The van der Waals surface area contributed by atoms with Crippen molar-refractivity contribution in [3.05, 3.63) is 29.8 Å². The van der Waals surface area contributed by atoms with Crippen LogP contribution < -0.4 is 4.74 Å². The Hall–Kier alpha value is -0.710. The van der Waals surface area contributed by atoms with E-state index in [1.165, 1.54) is 0 Å². The highest BCUT2D eigenvalue weighted by Crippen LogP contribution is 2.30. The van der Waals surface area contributed by atoms with Gasteiger partial charge in [-0.15, -0.1) is 0 Å². The molecule has 0 bridgehead atoms. The zero-order valence-corrected chi connectivity index (χ0v) is 10.4. The molecule has 0 aliphatic rings. The third-order valence-electron chi connectivity index (χ3n) is 2.31. The van der Waals surface area contributed by atoms with Gasteiger partial charge in [0.2, 0.25) is 0 Å². The number of benzene rings is 1. The van der Waals surface area contributed by atoms with Crippen LogP contribution in [0.15, 0.2) is 24.3 Å². The number of aliphatic hydroxyl groups is 2. The van der Waals surface area contributed by atoms with Gasteiger partial charge < -0.3 is 14.9 Å². The Morgan fingerprint density at radius 2 is 2.19 bits per heavy atom. The fraction of sp³-hybridized carbons (Fsp3) is 0.500. The molecule has 90 valence electrons. The lowest BCUT2D eigenvalue weighted by Gasteiger charge is -2.14. The van der Waals surface area contributed by atoms with Gasteiger partial charge in [0.25, 0.3) is 0 Å². The molecule has 0 amide bonds. The predicted molar refractivity (Wildman–Crippen MR) is 67.0 cm³/mol. The monoisotopic (exact) mass is 242 g/mol. The van der Waals surface area contributed by atoms with Gasteiger partial charge in [-0.25, -0.2) is 0 Å². The van der Waals surface area contributed by atoms with Crippen LogP contribution in [0, 0.1) is 0 Å². The van der Waals surface area contributed by atoms with Crippen LogP contribution in [0.5, 0.6) is 5.75 Å². The number of hydrogen-bond donors (Lipinski definition) is 2. The maximum Gasteiger partial charge on any atom is 0.119 e. The highest BCUT2D eigenvalue weighted by atomic mass is 32.2. The van der Waals surface area contributed by atoms with Crippen LogP contribution in [-0.4, -0.2) is 35.8 Å². The second-order valence-electron chi connectivity index (χ2n) is 3.59. The molecule has 16 heavy (non-hydrogen) atoms. The van der Waals surface area contributed by atoms with Gasteiger partial charge in [0.1, 0.15) is 5.75 Å².